The number of hydrogen-bond acceptors (Lipinski definition) is 3. The minimum Gasteiger partial charge on any atom is -0.391 e. The van der Waals surface area contributed by atoms with Gasteiger partial charge < -0.3 is 14.4 Å². The Morgan fingerprint density at radius 3 is 1.92 bits per heavy atom. The average Bonchev–Trinajstić information content (AvgIpc) is 3.47. The molecule has 0 spiro atoms. The summed E-state index contributed by atoms with van der Waals surface area (Å²) < 4.78 is 20.4. The predicted molar refractivity (Wildman–Crippen MR) is 108 cm³/mol. The standard InChI is InChI=1S/C22H29O3P/c1-3-4-7-16-20(22-21(25-22)17(2)23)26(24,18-12-8-5-9-13-18)19-14-10-6-11-15-19/h5-6,8-15,17,20-23H,3-4,7,16H2,1-2H3/t17-,20+,21-,22-/m1/s1. The quantitative estimate of drug-likeness (QED) is 0.410. The van der Waals surface area contributed by atoms with Crippen molar-refractivity contribution >= 4 is 17.8 Å². The molecule has 0 radical (unpaired) electrons. The first kappa shape index (κ1) is 19.4. The van der Waals surface area contributed by atoms with E-state index in [4.69, 9.17) is 4.74 Å². The topological polar surface area (TPSA) is 49.8 Å². The molecule has 4 atom stereocenters. The van der Waals surface area contributed by atoms with Gasteiger partial charge in [-0.3, -0.25) is 0 Å². The van der Waals surface area contributed by atoms with E-state index in [1.54, 1.807) is 6.92 Å². The molecule has 1 N–H and O–H groups in total. The third-order valence-corrected chi connectivity index (χ3v) is 8.88. The maximum absolute atomic E-state index is 14.6. The highest BCUT2D eigenvalue weighted by molar-refractivity contribution is 7.79. The van der Waals surface area contributed by atoms with Crippen LogP contribution in [0.1, 0.15) is 39.5 Å². The van der Waals surface area contributed by atoms with Crippen LogP contribution in [0.2, 0.25) is 0 Å². The Kier molecular flexibility index (Phi) is 6.34. The van der Waals surface area contributed by atoms with Crippen molar-refractivity contribution in [2.75, 3.05) is 0 Å². The van der Waals surface area contributed by atoms with Crippen molar-refractivity contribution in [2.45, 2.75) is 63.5 Å². The fourth-order valence-electron chi connectivity index (χ4n) is 3.82. The van der Waals surface area contributed by atoms with Crippen LogP contribution < -0.4 is 10.6 Å². The Balaban J connectivity index is 2.03. The summed E-state index contributed by atoms with van der Waals surface area (Å²) in [6, 6.07) is 19.6. The lowest BCUT2D eigenvalue weighted by molar-refractivity contribution is 0.152. The molecule has 140 valence electrons. The van der Waals surface area contributed by atoms with Crippen molar-refractivity contribution in [3.63, 3.8) is 0 Å². The molecule has 3 rings (SSSR count). The zero-order valence-corrected chi connectivity index (χ0v) is 16.5. The smallest absolute Gasteiger partial charge is 0.148 e. The molecule has 0 saturated carbocycles. The van der Waals surface area contributed by atoms with Gasteiger partial charge in [-0.2, -0.15) is 0 Å². The second-order valence-electron chi connectivity index (χ2n) is 7.20. The summed E-state index contributed by atoms with van der Waals surface area (Å²) in [4.78, 5) is 0. The summed E-state index contributed by atoms with van der Waals surface area (Å²) in [7, 11) is -2.88. The molecule has 0 unspecified atom stereocenters. The fourth-order valence-corrected chi connectivity index (χ4v) is 7.32. The summed E-state index contributed by atoms with van der Waals surface area (Å²) in [6.07, 6.45) is 3.24. The number of aliphatic hydroxyl groups is 1. The Morgan fingerprint density at radius 2 is 1.50 bits per heavy atom. The van der Waals surface area contributed by atoms with Gasteiger partial charge in [0.05, 0.1) is 12.2 Å². The van der Waals surface area contributed by atoms with Crippen LogP contribution in [0.25, 0.3) is 0 Å². The van der Waals surface area contributed by atoms with Crippen molar-refractivity contribution in [3.05, 3.63) is 60.7 Å². The van der Waals surface area contributed by atoms with Gasteiger partial charge in [0, 0.05) is 16.3 Å². The lowest BCUT2D eigenvalue weighted by Crippen LogP contribution is -2.32. The Labute approximate surface area is 156 Å². The molecule has 0 bridgehead atoms. The van der Waals surface area contributed by atoms with Crippen LogP contribution in [-0.4, -0.2) is 29.1 Å². The Morgan fingerprint density at radius 1 is 0.962 bits per heavy atom. The lowest BCUT2D eigenvalue weighted by Gasteiger charge is -2.28. The van der Waals surface area contributed by atoms with Gasteiger partial charge in [-0.1, -0.05) is 86.8 Å². The van der Waals surface area contributed by atoms with Gasteiger partial charge in [0.25, 0.3) is 0 Å². The zero-order valence-electron chi connectivity index (χ0n) is 15.6. The Bertz CT molecular complexity index is 686. The predicted octanol–water partition coefficient (Wildman–Crippen LogP) is 4.10. The highest BCUT2D eigenvalue weighted by Gasteiger charge is 2.54. The first-order valence-corrected chi connectivity index (χ1v) is 11.4. The van der Waals surface area contributed by atoms with Gasteiger partial charge in [-0.25, -0.2) is 0 Å². The highest BCUT2D eigenvalue weighted by Crippen LogP contribution is 2.56. The minimum absolute atomic E-state index is 0.0987. The number of benzene rings is 2. The number of epoxide rings is 1. The van der Waals surface area contributed by atoms with Gasteiger partial charge in [0.1, 0.15) is 13.2 Å². The molecular formula is C22H29O3P. The normalized spacial score (nSPS) is 22.0. The van der Waals surface area contributed by atoms with E-state index in [1.807, 2.05) is 60.7 Å². The van der Waals surface area contributed by atoms with E-state index in [1.165, 1.54) is 0 Å². The van der Waals surface area contributed by atoms with E-state index in [-0.39, 0.29) is 17.9 Å². The second kappa shape index (κ2) is 8.52. The SMILES string of the molecule is CCCCC[C@@H]([C@H]1O[C@@H]1[C@@H](C)O)P(=O)(c1ccccc1)c1ccccc1. The molecule has 3 nitrogen and oxygen atoms in total. The van der Waals surface area contributed by atoms with Crippen LogP contribution in [-0.2, 0) is 9.30 Å². The summed E-state index contributed by atoms with van der Waals surface area (Å²) in [5, 5.41) is 11.7. The molecular weight excluding hydrogens is 343 g/mol. The van der Waals surface area contributed by atoms with Crippen LogP contribution in [0.5, 0.6) is 0 Å². The molecule has 0 aromatic heterocycles. The van der Waals surface area contributed by atoms with Crippen LogP contribution in [0.15, 0.2) is 60.7 Å². The summed E-state index contributed by atoms with van der Waals surface area (Å²) in [5.41, 5.74) is -0.0987. The first-order chi connectivity index (χ1) is 12.6. The maximum atomic E-state index is 14.6. The monoisotopic (exact) mass is 372 g/mol. The zero-order chi connectivity index (χ0) is 18.6. The number of ether oxygens (including phenoxy) is 1. The van der Waals surface area contributed by atoms with Gasteiger partial charge in [0.2, 0.25) is 0 Å². The van der Waals surface area contributed by atoms with E-state index in [9.17, 15) is 9.67 Å². The van der Waals surface area contributed by atoms with Crippen molar-refractivity contribution in [1.29, 1.82) is 0 Å². The molecule has 1 heterocycles. The van der Waals surface area contributed by atoms with Crippen LogP contribution in [0.3, 0.4) is 0 Å². The lowest BCUT2D eigenvalue weighted by atomic mass is 10.1. The summed E-state index contributed by atoms with van der Waals surface area (Å²) >= 11 is 0. The Hall–Kier alpha value is -1.41. The molecule has 1 aliphatic heterocycles. The number of aliphatic hydroxyl groups excluding tert-OH is 1. The van der Waals surface area contributed by atoms with Gasteiger partial charge in [-0.15, -0.1) is 0 Å². The summed E-state index contributed by atoms with van der Waals surface area (Å²) in [6.45, 7) is 3.93. The molecule has 2 aromatic rings. The maximum Gasteiger partial charge on any atom is 0.148 e. The third kappa shape index (κ3) is 3.96. The van der Waals surface area contributed by atoms with Crippen molar-refractivity contribution in [3.8, 4) is 0 Å². The molecule has 4 heteroatoms. The molecule has 1 aliphatic rings. The van der Waals surface area contributed by atoms with E-state index in [0.29, 0.717) is 0 Å². The van der Waals surface area contributed by atoms with Crippen LogP contribution >= 0.6 is 7.14 Å². The van der Waals surface area contributed by atoms with Gasteiger partial charge >= 0.3 is 0 Å². The first-order valence-electron chi connectivity index (χ1n) is 9.63. The highest BCUT2D eigenvalue weighted by atomic mass is 31.2. The molecule has 1 saturated heterocycles. The summed E-state index contributed by atoms with van der Waals surface area (Å²) in [5.74, 6) is 0. The van der Waals surface area contributed by atoms with E-state index >= 15 is 0 Å². The molecule has 26 heavy (non-hydrogen) atoms. The molecule has 2 aromatic carbocycles. The van der Waals surface area contributed by atoms with E-state index in [2.05, 4.69) is 6.92 Å². The fraction of sp³-hybridized carbons (Fsp3) is 0.455. The molecule has 1 fully saturated rings. The average molecular weight is 372 g/mol. The van der Waals surface area contributed by atoms with Crippen molar-refractivity contribution < 1.29 is 14.4 Å². The number of unbranched alkanes of at least 4 members (excludes halogenated alkanes) is 2. The van der Waals surface area contributed by atoms with Crippen molar-refractivity contribution in [1.82, 2.24) is 0 Å². The second-order valence-corrected chi connectivity index (χ2v) is 10.2. The number of rotatable bonds is 9. The van der Waals surface area contributed by atoms with Crippen LogP contribution in [0.4, 0.5) is 0 Å². The molecule has 0 aliphatic carbocycles. The van der Waals surface area contributed by atoms with E-state index < -0.39 is 13.2 Å². The van der Waals surface area contributed by atoms with Gasteiger partial charge in [-0.05, 0) is 13.3 Å². The van der Waals surface area contributed by atoms with Crippen molar-refractivity contribution in [2.24, 2.45) is 0 Å². The molecule has 0 amide bonds. The van der Waals surface area contributed by atoms with E-state index in [0.717, 1.165) is 36.3 Å². The number of hydrogen-bond donors (Lipinski definition) is 1. The third-order valence-electron chi connectivity index (χ3n) is 5.27. The van der Waals surface area contributed by atoms with Gasteiger partial charge in [0.15, 0.2) is 0 Å². The largest absolute Gasteiger partial charge is 0.391 e. The van der Waals surface area contributed by atoms with Crippen LogP contribution in [0, 0.1) is 0 Å². The minimum atomic E-state index is -2.88.